The second-order valence-electron chi connectivity index (χ2n) is 5.69. The minimum atomic E-state index is -0.711. The molecule has 2 aliphatic rings. The van der Waals surface area contributed by atoms with E-state index in [1.807, 2.05) is 0 Å². The first-order valence-electron chi connectivity index (χ1n) is 7.46. The summed E-state index contributed by atoms with van der Waals surface area (Å²) in [7, 11) is 1.38. The van der Waals surface area contributed by atoms with Crippen molar-refractivity contribution >= 4 is 5.97 Å². The van der Waals surface area contributed by atoms with Crippen molar-refractivity contribution < 1.29 is 18.8 Å². The molecular weight excluding hydrogens is 274 g/mol. The molecule has 1 aliphatic carbocycles. The summed E-state index contributed by atoms with van der Waals surface area (Å²) in [6, 6.07) is 0. The monoisotopic (exact) mass is 295 g/mol. The Morgan fingerprint density at radius 3 is 3.00 bits per heavy atom. The predicted octanol–water partition coefficient (Wildman–Crippen LogP) is 1.06. The number of hydrogen-bond acceptors (Lipinski definition) is 7. The van der Waals surface area contributed by atoms with Gasteiger partial charge in [-0.25, -0.2) is 0 Å². The molecule has 1 aromatic heterocycles. The third-order valence-electron chi connectivity index (χ3n) is 4.16. The Balaban J connectivity index is 1.72. The summed E-state index contributed by atoms with van der Waals surface area (Å²) < 4.78 is 15.9. The van der Waals surface area contributed by atoms with Gasteiger partial charge >= 0.3 is 5.97 Å². The van der Waals surface area contributed by atoms with Gasteiger partial charge in [0.15, 0.2) is 0 Å². The molecule has 0 N–H and O–H groups in total. The fraction of sp³-hybridized carbons (Fsp3) is 0.786. The molecule has 2 heterocycles. The molecule has 1 aliphatic heterocycles. The summed E-state index contributed by atoms with van der Waals surface area (Å²) in [6.45, 7) is 5.55. The highest BCUT2D eigenvalue weighted by Crippen LogP contribution is 2.48. The zero-order chi connectivity index (χ0) is 14.9. The minimum absolute atomic E-state index is 0.184. The van der Waals surface area contributed by atoms with Crippen LogP contribution in [0, 0.1) is 0 Å². The number of rotatable bonds is 5. The van der Waals surface area contributed by atoms with Gasteiger partial charge in [0.2, 0.25) is 11.7 Å². The zero-order valence-corrected chi connectivity index (χ0v) is 12.5. The van der Waals surface area contributed by atoms with Gasteiger partial charge in [-0.2, -0.15) is 4.98 Å². The Hall–Kier alpha value is -1.47. The molecule has 1 aromatic rings. The van der Waals surface area contributed by atoms with Crippen molar-refractivity contribution in [2.45, 2.75) is 37.7 Å². The molecular formula is C14H21N3O4. The van der Waals surface area contributed by atoms with Gasteiger partial charge in [0.05, 0.1) is 13.7 Å². The highest BCUT2D eigenvalue weighted by molar-refractivity contribution is 5.85. The Morgan fingerprint density at radius 1 is 1.52 bits per heavy atom. The van der Waals surface area contributed by atoms with E-state index in [2.05, 4.69) is 22.0 Å². The van der Waals surface area contributed by atoms with Gasteiger partial charge < -0.3 is 14.0 Å². The van der Waals surface area contributed by atoms with Crippen LogP contribution in [-0.2, 0) is 19.7 Å². The highest BCUT2D eigenvalue weighted by Gasteiger charge is 2.57. The van der Waals surface area contributed by atoms with Crippen LogP contribution in [0.4, 0.5) is 0 Å². The van der Waals surface area contributed by atoms with Crippen molar-refractivity contribution in [3.05, 3.63) is 11.7 Å². The van der Waals surface area contributed by atoms with Gasteiger partial charge in [-0.05, 0) is 25.8 Å². The van der Waals surface area contributed by atoms with E-state index >= 15 is 0 Å². The molecule has 2 fully saturated rings. The van der Waals surface area contributed by atoms with Gasteiger partial charge in [0, 0.05) is 13.1 Å². The van der Waals surface area contributed by atoms with E-state index < -0.39 is 5.41 Å². The van der Waals surface area contributed by atoms with Crippen molar-refractivity contribution in [1.29, 1.82) is 0 Å². The zero-order valence-electron chi connectivity index (χ0n) is 12.5. The van der Waals surface area contributed by atoms with Crippen molar-refractivity contribution in [1.82, 2.24) is 15.0 Å². The van der Waals surface area contributed by atoms with Crippen LogP contribution in [0.3, 0.4) is 0 Å². The number of esters is 1. The van der Waals surface area contributed by atoms with Gasteiger partial charge in [-0.1, -0.05) is 12.1 Å². The molecule has 0 radical (unpaired) electrons. The standard InChI is InChI=1S/C14H21N3O4/c1-3-6-17-7-8-20-10(9-17)11-15-12(21-16-11)14(4-5-14)13(18)19-2/h10H,3-9H2,1-2H3. The number of hydrogen-bond donors (Lipinski definition) is 0. The Bertz CT molecular complexity index is 510. The molecule has 0 bridgehead atoms. The van der Waals surface area contributed by atoms with E-state index in [1.165, 1.54) is 7.11 Å². The summed E-state index contributed by atoms with van der Waals surface area (Å²) in [5.41, 5.74) is -0.711. The van der Waals surface area contributed by atoms with E-state index in [4.69, 9.17) is 14.0 Å². The Morgan fingerprint density at radius 2 is 2.33 bits per heavy atom. The van der Waals surface area contributed by atoms with Crippen LogP contribution in [0.25, 0.3) is 0 Å². The maximum Gasteiger partial charge on any atom is 0.321 e. The highest BCUT2D eigenvalue weighted by atomic mass is 16.5. The van der Waals surface area contributed by atoms with E-state index in [-0.39, 0.29) is 12.1 Å². The molecule has 7 nitrogen and oxygen atoms in total. The van der Waals surface area contributed by atoms with E-state index in [1.54, 1.807) is 0 Å². The summed E-state index contributed by atoms with van der Waals surface area (Å²) in [4.78, 5) is 18.6. The normalized spacial score (nSPS) is 24.8. The molecule has 116 valence electrons. The van der Waals surface area contributed by atoms with Gasteiger partial charge in [0.25, 0.3) is 0 Å². The van der Waals surface area contributed by atoms with Crippen LogP contribution >= 0.6 is 0 Å². The third kappa shape index (κ3) is 2.67. The maximum absolute atomic E-state index is 11.8. The van der Waals surface area contributed by atoms with Crippen molar-refractivity contribution in [3.63, 3.8) is 0 Å². The first-order chi connectivity index (χ1) is 10.2. The Labute approximate surface area is 123 Å². The van der Waals surface area contributed by atoms with Crippen molar-refractivity contribution in [2.24, 2.45) is 0 Å². The molecule has 0 amide bonds. The minimum Gasteiger partial charge on any atom is -0.468 e. The van der Waals surface area contributed by atoms with Crippen LogP contribution in [0.5, 0.6) is 0 Å². The fourth-order valence-corrected chi connectivity index (χ4v) is 2.76. The quantitative estimate of drug-likeness (QED) is 0.751. The van der Waals surface area contributed by atoms with E-state index in [0.717, 1.165) is 26.1 Å². The number of methoxy groups -OCH3 is 1. The molecule has 3 rings (SSSR count). The average Bonchev–Trinajstić information content (AvgIpc) is 3.17. The van der Waals surface area contributed by atoms with Gasteiger partial charge in [0.1, 0.15) is 11.5 Å². The van der Waals surface area contributed by atoms with Crippen LogP contribution in [-0.4, -0.2) is 54.4 Å². The summed E-state index contributed by atoms with van der Waals surface area (Å²) >= 11 is 0. The first kappa shape index (κ1) is 14.5. The lowest BCUT2D eigenvalue weighted by Gasteiger charge is -2.30. The lowest BCUT2D eigenvalue weighted by atomic mass is 10.1. The fourth-order valence-electron chi connectivity index (χ4n) is 2.76. The molecule has 7 heteroatoms. The van der Waals surface area contributed by atoms with E-state index in [0.29, 0.717) is 31.2 Å². The number of ether oxygens (including phenoxy) is 2. The van der Waals surface area contributed by atoms with Gasteiger partial charge in [-0.3, -0.25) is 9.69 Å². The Kier molecular flexibility index (Phi) is 3.95. The average molecular weight is 295 g/mol. The second kappa shape index (κ2) is 5.73. The molecule has 1 atom stereocenters. The molecule has 1 saturated carbocycles. The SMILES string of the molecule is CCCN1CCOC(c2noc(C3(C(=O)OC)CC3)n2)C1. The number of carbonyl (C=O) groups is 1. The van der Waals surface area contributed by atoms with Crippen LogP contribution in [0.2, 0.25) is 0 Å². The van der Waals surface area contributed by atoms with Crippen LogP contribution in [0.1, 0.15) is 44.0 Å². The number of nitrogens with zero attached hydrogens (tertiary/aromatic N) is 3. The first-order valence-corrected chi connectivity index (χ1v) is 7.46. The van der Waals surface area contributed by atoms with Crippen LogP contribution in [0.15, 0.2) is 4.52 Å². The third-order valence-corrected chi connectivity index (χ3v) is 4.16. The topological polar surface area (TPSA) is 77.7 Å². The number of carbonyl (C=O) groups excluding carboxylic acids is 1. The predicted molar refractivity (Wildman–Crippen MR) is 72.7 cm³/mol. The molecule has 0 spiro atoms. The number of morpholine rings is 1. The lowest BCUT2D eigenvalue weighted by Crippen LogP contribution is -2.39. The van der Waals surface area contributed by atoms with E-state index in [9.17, 15) is 4.79 Å². The lowest BCUT2D eigenvalue weighted by molar-refractivity contribution is -0.144. The molecule has 1 saturated heterocycles. The number of aromatic nitrogens is 2. The summed E-state index contributed by atoms with van der Waals surface area (Å²) in [6.07, 6.45) is 2.33. The molecule has 21 heavy (non-hydrogen) atoms. The maximum atomic E-state index is 11.8. The molecule has 0 aromatic carbocycles. The van der Waals surface area contributed by atoms with Crippen molar-refractivity contribution in [2.75, 3.05) is 33.4 Å². The van der Waals surface area contributed by atoms with Crippen molar-refractivity contribution in [3.8, 4) is 0 Å². The largest absolute Gasteiger partial charge is 0.468 e. The smallest absolute Gasteiger partial charge is 0.321 e. The van der Waals surface area contributed by atoms with Gasteiger partial charge in [-0.15, -0.1) is 0 Å². The summed E-state index contributed by atoms with van der Waals surface area (Å²) in [5.74, 6) is 0.594. The van der Waals surface area contributed by atoms with Crippen LogP contribution < -0.4 is 0 Å². The summed E-state index contributed by atoms with van der Waals surface area (Å²) in [5, 5.41) is 4.01. The molecule has 1 unspecified atom stereocenters. The second-order valence-corrected chi connectivity index (χ2v) is 5.69.